The maximum Gasteiger partial charge on any atom is 0.226 e. The Bertz CT molecular complexity index is 532. The zero-order valence-corrected chi connectivity index (χ0v) is 10.2. The molecule has 0 unspecified atom stereocenters. The van der Waals surface area contributed by atoms with E-state index in [1.807, 2.05) is 32.9 Å². The van der Waals surface area contributed by atoms with E-state index in [0.29, 0.717) is 5.88 Å². The molecule has 0 aliphatic carbocycles. The van der Waals surface area contributed by atoms with Gasteiger partial charge in [-0.1, -0.05) is 6.07 Å². The molecule has 0 saturated carbocycles. The van der Waals surface area contributed by atoms with Crippen molar-refractivity contribution in [3.8, 4) is 11.6 Å². The van der Waals surface area contributed by atoms with Crippen LogP contribution in [0.15, 0.2) is 24.4 Å². The molecule has 88 valence electrons. The molecule has 0 aliphatic rings. The molecule has 0 spiro atoms. The van der Waals surface area contributed by atoms with E-state index in [4.69, 9.17) is 10.5 Å². The molecule has 0 radical (unpaired) electrons. The van der Waals surface area contributed by atoms with E-state index in [1.165, 1.54) is 0 Å². The molecule has 0 saturated heterocycles. The number of ether oxygens (including phenoxy) is 1. The van der Waals surface area contributed by atoms with Crippen molar-refractivity contribution < 1.29 is 4.74 Å². The lowest BCUT2D eigenvalue weighted by atomic mass is 10.1. The second-order valence-electron chi connectivity index (χ2n) is 4.14. The molecule has 4 heteroatoms. The van der Waals surface area contributed by atoms with Gasteiger partial charge in [-0.3, -0.25) is 0 Å². The average Bonchev–Trinajstić information content (AvgIpc) is 2.22. The van der Waals surface area contributed by atoms with Crippen molar-refractivity contribution in [2.24, 2.45) is 0 Å². The van der Waals surface area contributed by atoms with Crippen LogP contribution in [0.1, 0.15) is 16.7 Å². The second kappa shape index (κ2) is 4.41. The van der Waals surface area contributed by atoms with Gasteiger partial charge >= 0.3 is 0 Å². The van der Waals surface area contributed by atoms with E-state index in [9.17, 15) is 0 Å². The Kier molecular flexibility index (Phi) is 2.95. The van der Waals surface area contributed by atoms with Crippen LogP contribution in [0.5, 0.6) is 11.6 Å². The number of nitrogens with two attached hydrogens (primary N) is 1. The molecule has 0 atom stereocenters. The van der Waals surface area contributed by atoms with Crippen molar-refractivity contribution in [2.45, 2.75) is 20.8 Å². The zero-order valence-electron chi connectivity index (χ0n) is 10.2. The predicted octanol–water partition coefficient (Wildman–Crippen LogP) is 2.78. The first-order valence-electron chi connectivity index (χ1n) is 5.40. The van der Waals surface area contributed by atoms with Crippen LogP contribution in [0.4, 0.5) is 5.95 Å². The number of nitrogen functional groups attached to an aromatic ring is 1. The van der Waals surface area contributed by atoms with Crippen LogP contribution in [0, 0.1) is 20.8 Å². The Morgan fingerprint density at radius 2 is 1.71 bits per heavy atom. The van der Waals surface area contributed by atoms with Gasteiger partial charge in [0.15, 0.2) is 0 Å². The van der Waals surface area contributed by atoms with E-state index in [-0.39, 0.29) is 5.95 Å². The van der Waals surface area contributed by atoms with Crippen LogP contribution < -0.4 is 10.5 Å². The Hall–Kier alpha value is -2.10. The molecule has 0 fully saturated rings. The molecule has 1 aromatic carbocycles. The fourth-order valence-electron chi connectivity index (χ4n) is 1.65. The SMILES string of the molecule is Cc1cc(C)cc(Oc2nc(N)ncc2C)c1. The number of rotatable bonds is 2. The lowest BCUT2D eigenvalue weighted by molar-refractivity contribution is 0.457. The minimum atomic E-state index is 0.218. The summed E-state index contributed by atoms with van der Waals surface area (Å²) in [5.41, 5.74) is 8.70. The number of aromatic nitrogens is 2. The quantitative estimate of drug-likeness (QED) is 0.860. The number of nitrogens with zero attached hydrogens (tertiary/aromatic N) is 2. The highest BCUT2D eigenvalue weighted by Gasteiger charge is 2.05. The van der Waals surface area contributed by atoms with Gasteiger partial charge in [0.1, 0.15) is 5.75 Å². The molecule has 17 heavy (non-hydrogen) atoms. The third kappa shape index (κ3) is 2.72. The number of benzene rings is 1. The van der Waals surface area contributed by atoms with Gasteiger partial charge in [-0.2, -0.15) is 4.98 Å². The Balaban J connectivity index is 2.34. The lowest BCUT2D eigenvalue weighted by Crippen LogP contribution is -1.99. The molecule has 4 nitrogen and oxygen atoms in total. The average molecular weight is 229 g/mol. The smallest absolute Gasteiger partial charge is 0.226 e. The molecule has 2 N–H and O–H groups in total. The summed E-state index contributed by atoms with van der Waals surface area (Å²) in [6.07, 6.45) is 1.65. The van der Waals surface area contributed by atoms with Crippen molar-refractivity contribution in [3.63, 3.8) is 0 Å². The summed E-state index contributed by atoms with van der Waals surface area (Å²) >= 11 is 0. The highest BCUT2D eigenvalue weighted by molar-refractivity contribution is 5.38. The summed E-state index contributed by atoms with van der Waals surface area (Å²) in [5, 5.41) is 0. The van der Waals surface area contributed by atoms with Crippen LogP contribution in [-0.4, -0.2) is 9.97 Å². The van der Waals surface area contributed by atoms with Gasteiger partial charge in [0, 0.05) is 11.8 Å². The minimum absolute atomic E-state index is 0.218. The third-order valence-electron chi connectivity index (χ3n) is 2.35. The Morgan fingerprint density at radius 3 is 2.35 bits per heavy atom. The molecule has 1 heterocycles. The highest BCUT2D eigenvalue weighted by Crippen LogP contribution is 2.24. The van der Waals surface area contributed by atoms with Crippen LogP contribution in [0.25, 0.3) is 0 Å². The van der Waals surface area contributed by atoms with Crippen LogP contribution in [0.3, 0.4) is 0 Å². The van der Waals surface area contributed by atoms with Gasteiger partial charge in [-0.15, -0.1) is 0 Å². The molecule has 2 aromatic rings. The molecule has 0 aliphatic heterocycles. The fraction of sp³-hybridized carbons (Fsp3) is 0.231. The highest BCUT2D eigenvalue weighted by atomic mass is 16.5. The summed E-state index contributed by atoms with van der Waals surface area (Å²) in [6, 6.07) is 6.02. The van der Waals surface area contributed by atoms with E-state index in [1.54, 1.807) is 6.20 Å². The maximum absolute atomic E-state index is 5.72. The van der Waals surface area contributed by atoms with Gasteiger partial charge in [-0.25, -0.2) is 4.98 Å². The van der Waals surface area contributed by atoms with Gasteiger partial charge in [0.25, 0.3) is 0 Å². The van der Waals surface area contributed by atoms with Gasteiger partial charge in [0.05, 0.1) is 0 Å². The summed E-state index contributed by atoms with van der Waals surface area (Å²) < 4.78 is 5.72. The van der Waals surface area contributed by atoms with Crippen molar-refractivity contribution >= 4 is 5.95 Å². The van der Waals surface area contributed by atoms with Crippen LogP contribution in [-0.2, 0) is 0 Å². The van der Waals surface area contributed by atoms with Gasteiger partial charge in [0.2, 0.25) is 11.8 Å². The summed E-state index contributed by atoms with van der Waals surface area (Å²) in [7, 11) is 0. The standard InChI is InChI=1S/C13H15N3O/c1-8-4-9(2)6-11(5-8)17-12-10(3)7-15-13(14)16-12/h4-7H,1-3H3,(H2,14,15,16). The molecular weight excluding hydrogens is 214 g/mol. The van der Waals surface area contributed by atoms with Gasteiger partial charge in [-0.05, 0) is 44.0 Å². The topological polar surface area (TPSA) is 61.0 Å². The van der Waals surface area contributed by atoms with E-state index in [0.717, 1.165) is 22.4 Å². The third-order valence-corrected chi connectivity index (χ3v) is 2.35. The van der Waals surface area contributed by atoms with Crippen molar-refractivity contribution in [3.05, 3.63) is 41.1 Å². The molecular formula is C13H15N3O. The largest absolute Gasteiger partial charge is 0.439 e. The summed E-state index contributed by atoms with van der Waals surface area (Å²) in [6.45, 7) is 5.94. The van der Waals surface area contributed by atoms with Crippen LogP contribution in [0.2, 0.25) is 0 Å². The molecule has 2 rings (SSSR count). The summed E-state index contributed by atoms with van der Waals surface area (Å²) in [5.74, 6) is 1.49. The maximum atomic E-state index is 5.72. The van der Waals surface area contributed by atoms with Crippen molar-refractivity contribution in [1.29, 1.82) is 0 Å². The van der Waals surface area contributed by atoms with Crippen molar-refractivity contribution in [1.82, 2.24) is 9.97 Å². The van der Waals surface area contributed by atoms with E-state index >= 15 is 0 Å². The van der Waals surface area contributed by atoms with Gasteiger partial charge < -0.3 is 10.5 Å². The number of hydrogen-bond acceptors (Lipinski definition) is 4. The lowest BCUT2D eigenvalue weighted by Gasteiger charge is -2.09. The first kappa shape index (κ1) is 11.4. The van der Waals surface area contributed by atoms with E-state index in [2.05, 4.69) is 16.0 Å². The first-order chi connectivity index (χ1) is 8.04. The molecule has 1 aromatic heterocycles. The number of anilines is 1. The fourth-order valence-corrected chi connectivity index (χ4v) is 1.65. The zero-order chi connectivity index (χ0) is 12.4. The minimum Gasteiger partial charge on any atom is -0.439 e. The summed E-state index contributed by atoms with van der Waals surface area (Å²) in [4.78, 5) is 7.97. The molecule has 0 bridgehead atoms. The second-order valence-corrected chi connectivity index (χ2v) is 4.14. The predicted molar refractivity (Wildman–Crippen MR) is 67.2 cm³/mol. The number of aryl methyl sites for hydroxylation is 3. The number of hydrogen-bond donors (Lipinski definition) is 1. The first-order valence-corrected chi connectivity index (χ1v) is 5.40. The Labute approximate surface area is 100 Å². The Morgan fingerprint density at radius 1 is 1.06 bits per heavy atom. The monoisotopic (exact) mass is 229 g/mol. The normalized spacial score (nSPS) is 10.3. The molecule has 0 amide bonds. The van der Waals surface area contributed by atoms with Crippen molar-refractivity contribution in [2.75, 3.05) is 5.73 Å². The van der Waals surface area contributed by atoms with E-state index < -0.39 is 0 Å². The van der Waals surface area contributed by atoms with Crippen LogP contribution >= 0.6 is 0 Å².